The van der Waals surface area contributed by atoms with E-state index in [0.29, 0.717) is 18.1 Å². The fraction of sp³-hybridized carbons (Fsp3) is 0.333. The summed E-state index contributed by atoms with van der Waals surface area (Å²) in [6, 6.07) is 8.37. The van der Waals surface area contributed by atoms with Gasteiger partial charge >= 0.3 is 6.18 Å². The molecule has 2 heterocycles. The first-order valence-corrected chi connectivity index (χ1v) is 10.5. The number of nitrogens with zero attached hydrogens (tertiary/aromatic N) is 2. The van der Waals surface area contributed by atoms with Crippen LogP contribution in [0, 0.1) is 0 Å². The minimum absolute atomic E-state index is 0.0442. The summed E-state index contributed by atoms with van der Waals surface area (Å²) in [5.74, 6) is 0.735. The average molecular weight is 471 g/mol. The Bertz CT molecular complexity index is 1110. The minimum Gasteiger partial charge on any atom is -0.342 e. The number of hydrogen-bond acceptors (Lipinski definition) is 3. The van der Waals surface area contributed by atoms with Crippen molar-refractivity contribution < 1.29 is 18.0 Å². The van der Waals surface area contributed by atoms with Crippen molar-refractivity contribution in [3.8, 4) is 0 Å². The van der Waals surface area contributed by atoms with Crippen molar-refractivity contribution in [3.05, 3.63) is 57.8 Å². The molecule has 4 rings (SSSR count). The largest absolute Gasteiger partial charge is 0.416 e. The quantitative estimate of drug-likeness (QED) is 0.513. The minimum atomic E-state index is -4.51. The standard InChI is InChI=1S/C21H19Cl2F3N4O/c22-14-2-4-16-18(10-14)29-20(28-16)12-5-7-30(8-6-12)11-19(31)27-17-9-13(21(24,25)26)1-3-15(17)23/h1-4,9-10,12H,5-8,11H2,(H,27,31)(H,28,29). The number of carbonyl (C=O) groups is 1. The second-order valence-corrected chi connectivity index (χ2v) is 8.42. The third-order valence-corrected chi connectivity index (χ3v) is 5.94. The summed E-state index contributed by atoms with van der Waals surface area (Å²) in [5, 5.41) is 3.20. The number of alkyl halides is 3. The molecule has 2 N–H and O–H groups in total. The van der Waals surface area contributed by atoms with Gasteiger partial charge in [-0.1, -0.05) is 23.2 Å². The first-order chi connectivity index (χ1) is 14.7. The van der Waals surface area contributed by atoms with E-state index >= 15 is 0 Å². The maximum Gasteiger partial charge on any atom is 0.416 e. The van der Waals surface area contributed by atoms with Gasteiger partial charge in [-0.25, -0.2) is 4.98 Å². The van der Waals surface area contributed by atoms with Crippen LogP contribution in [-0.2, 0) is 11.0 Å². The van der Waals surface area contributed by atoms with E-state index in [1.165, 1.54) is 0 Å². The summed E-state index contributed by atoms with van der Waals surface area (Å²) in [7, 11) is 0. The van der Waals surface area contributed by atoms with Gasteiger partial charge in [0.05, 0.1) is 33.9 Å². The number of imidazole rings is 1. The van der Waals surface area contributed by atoms with Gasteiger partial charge in [-0.15, -0.1) is 0 Å². The molecule has 1 saturated heterocycles. The molecule has 2 aromatic carbocycles. The van der Waals surface area contributed by atoms with Gasteiger partial charge in [0.25, 0.3) is 0 Å². The van der Waals surface area contributed by atoms with Gasteiger partial charge in [0.2, 0.25) is 5.91 Å². The highest BCUT2D eigenvalue weighted by Crippen LogP contribution is 2.34. The van der Waals surface area contributed by atoms with Crippen LogP contribution in [0.2, 0.25) is 10.0 Å². The molecular formula is C21H19Cl2F3N4O. The van der Waals surface area contributed by atoms with Crippen molar-refractivity contribution in [2.24, 2.45) is 0 Å². The summed E-state index contributed by atoms with van der Waals surface area (Å²) in [6.45, 7) is 1.42. The Morgan fingerprint density at radius 3 is 2.61 bits per heavy atom. The summed E-state index contributed by atoms with van der Waals surface area (Å²) in [5.41, 5.74) is 0.846. The molecule has 3 aromatic rings. The topological polar surface area (TPSA) is 61.0 Å². The van der Waals surface area contributed by atoms with E-state index < -0.39 is 17.6 Å². The van der Waals surface area contributed by atoms with Crippen molar-refractivity contribution in [1.29, 1.82) is 0 Å². The maximum absolute atomic E-state index is 12.9. The molecule has 1 amide bonds. The summed E-state index contributed by atoms with van der Waals surface area (Å²) in [4.78, 5) is 22.3. The van der Waals surface area contributed by atoms with Crippen molar-refractivity contribution in [2.75, 3.05) is 25.0 Å². The van der Waals surface area contributed by atoms with Gasteiger partial charge in [-0.05, 0) is 62.3 Å². The van der Waals surface area contributed by atoms with Crippen LogP contribution in [0.1, 0.15) is 30.1 Å². The van der Waals surface area contributed by atoms with Gasteiger partial charge in [0, 0.05) is 10.9 Å². The van der Waals surface area contributed by atoms with Crippen LogP contribution >= 0.6 is 23.2 Å². The Morgan fingerprint density at radius 2 is 1.90 bits per heavy atom. The van der Waals surface area contributed by atoms with Crippen LogP contribution < -0.4 is 5.32 Å². The molecule has 164 valence electrons. The molecule has 5 nitrogen and oxygen atoms in total. The fourth-order valence-corrected chi connectivity index (χ4v) is 4.09. The van der Waals surface area contributed by atoms with Crippen LogP contribution in [0.5, 0.6) is 0 Å². The molecule has 10 heteroatoms. The van der Waals surface area contributed by atoms with Crippen LogP contribution in [-0.4, -0.2) is 40.4 Å². The van der Waals surface area contributed by atoms with Crippen LogP contribution in [0.3, 0.4) is 0 Å². The van der Waals surface area contributed by atoms with E-state index in [1.807, 2.05) is 17.0 Å². The second-order valence-electron chi connectivity index (χ2n) is 7.57. The number of piperidine rings is 1. The first kappa shape index (κ1) is 21.9. The Kier molecular flexibility index (Phi) is 6.14. The second kappa shape index (κ2) is 8.68. The number of aromatic nitrogens is 2. The number of H-pyrrole nitrogens is 1. The highest BCUT2D eigenvalue weighted by atomic mass is 35.5. The van der Waals surface area contributed by atoms with E-state index in [0.717, 1.165) is 47.9 Å². The molecule has 0 spiro atoms. The molecule has 0 aliphatic carbocycles. The first-order valence-electron chi connectivity index (χ1n) is 9.73. The highest BCUT2D eigenvalue weighted by Gasteiger charge is 2.31. The number of fused-ring (bicyclic) bond motifs is 1. The Hall–Kier alpha value is -2.29. The Labute approximate surface area is 186 Å². The van der Waals surface area contributed by atoms with Crippen molar-refractivity contribution in [1.82, 2.24) is 14.9 Å². The van der Waals surface area contributed by atoms with Gasteiger partial charge in [-0.3, -0.25) is 9.69 Å². The zero-order valence-electron chi connectivity index (χ0n) is 16.3. The van der Waals surface area contributed by atoms with Gasteiger partial charge in [-0.2, -0.15) is 13.2 Å². The number of rotatable bonds is 4. The SMILES string of the molecule is O=C(CN1CCC(c2nc3ccc(Cl)cc3[nH]2)CC1)Nc1cc(C(F)(F)F)ccc1Cl. The monoisotopic (exact) mass is 470 g/mol. The lowest BCUT2D eigenvalue weighted by Crippen LogP contribution is -2.39. The van der Waals surface area contributed by atoms with E-state index in [4.69, 9.17) is 23.2 Å². The molecule has 0 unspecified atom stereocenters. The fourth-order valence-electron chi connectivity index (χ4n) is 3.75. The third-order valence-electron chi connectivity index (χ3n) is 5.37. The van der Waals surface area contributed by atoms with Crippen molar-refractivity contribution >= 4 is 45.8 Å². The van der Waals surface area contributed by atoms with Gasteiger partial charge < -0.3 is 10.3 Å². The summed E-state index contributed by atoms with van der Waals surface area (Å²) < 4.78 is 38.7. The van der Waals surface area contributed by atoms with Crippen LogP contribution in [0.25, 0.3) is 11.0 Å². The van der Waals surface area contributed by atoms with E-state index in [9.17, 15) is 18.0 Å². The van der Waals surface area contributed by atoms with Gasteiger partial charge in [0.15, 0.2) is 0 Å². The highest BCUT2D eigenvalue weighted by molar-refractivity contribution is 6.33. The van der Waals surface area contributed by atoms with Gasteiger partial charge in [0.1, 0.15) is 5.82 Å². The molecule has 0 radical (unpaired) electrons. The number of halogens is 5. The number of nitrogens with one attached hydrogen (secondary N) is 2. The number of hydrogen-bond donors (Lipinski definition) is 2. The lowest BCUT2D eigenvalue weighted by atomic mass is 9.96. The summed E-state index contributed by atoms with van der Waals surface area (Å²) >= 11 is 12.0. The molecule has 1 aliphatic rings. The number of aromatic amines is 1. The smallest absolute Gasteiger partial charge is 0.342 e. The average Bonchev–Trinajstić information content (AvgIpc) is 3.12. The zero-order chi connectivity index (χ0) is 22.2. The van der Waals surface area contributed by atoms with E-state index in [1.54, 1.807) is 6.07 Å². The van der Waals surface area contributed by atoms with Crippen molar-refractivity contribution in [2.45, 2.75) is 24.9 Å². The molecular weight excluding hydrogens is 452 g/mol. The zero-order valence-corrected chi connectivity index (χ0v) is 17.8. The van der Waals surface area contributed by atoms with Crippen molar-refractivity contribution in [3.63, 3.8) is 0 Å². The number of amides is 1. The molecule has 0 atom stereocenters. The number of anilines is 1. The predicted molar refractivity (Wildman–Crippen MR) is 115 cm³/mol. The molecule has 31 heavy (non-hydrogen) atoms. The Morgan fingerprint density at radius 1 is 1.16 bits per heavy atom. The number of carbonyl (C=O) groups excluding carboxylic acids is 1. The summed E-state index contributed by atoms with van der Waals surface area (Å²) in [6.07, 6.45) is -2.88. The Balaban J connectivity index is 1.34. The molecule has 0 bridgehead atoms. The maximum atomic E-state index is 12.9. The number of likely N-dealkylation sites (tertiary alicyclic amines) is 1. The molecule has 1 fully saturated rings. The normalized spacial score (nSPS) is 16.0. The third kappa shape index (κ3) is 5.14. The number of benzene rings is 2. The van der Waals surface area contributed by atoms with Crippen LogP contribution in [0.4, 0.5) is 18.9 Å². The molecule has 1 aliphatic heterocycles. The predicted octanol–water partition coefficient (Wildman–Crippen LogP) is 5.71. The molecule has 1 aromatic heterocycles. The van der Waals surface area contributed by atoms with Crippen LogP contribution in [0.15, 0.2) is 36.4 Å². The lowest BCUT2D eigenvalue weighted by molar-refractivity contribution is -0.137. The molecule has 0 saturated carbocycles. The van der Waals surface area contributed by atoms with E-state index in [2.05, 4.69) is 15.3 Å². The van der Waals surface area contributed by atoms with E-state index in [-0.39, 0.29) is 23.2 Å². The lowest BCUT2D eigenvalue weighted by Gasteiger charge is -2.30.